The molecule has 0 spiro atoms. The number of ether oxygens (including phenoxy) is 1. The molecule has 0 saturated carbocycles. The topological polar surface area (TPSA) is 68.5 Å². The highest BCUT2D eigenvalue weighted by Gasteiger charge is 2.36. The van der Waals surface area contributed by atoms with Crippen molar-refractivity contribution >= 4 is 28.4 Å². The summed E-state index contributed by atoms with van der Waals surface area (Å²) in [4.78, 5) is 26.1. The average Bonchev–Trinajstić information content (AvgIpc) is 2.97. The van der Waals surface area contributed by atoms with Gasteiger partial charge in [0, 0.05) is 33.9 Å². The van der Waals surface area contributed by atoms with Gasteiger partial charge in [-0.15, -0.1) is 0 Å². The van der Waals surface area contributed by atoms with Gasteiger partial charge in [0.15, 0.2) is 5.78 Å². The van der Waals surface area contributed by atoms with Crippen LogP contribution in [-0.4, -0.2) is 35.3 Å². The Balaban J connectivity index is 2.15. The lowest BCUT2D eigenvalue weighted by Gasteiger charge is -2.19. The predicted molar refractivity (Wildman–Crippen MR) is 117 cm³/mol. The number of rotatable bonds is 7. The van der Waals surface area contributed by atoms with Crippen molar-refractivity contribution in [2.24, 2.45) is 12.5 Å². The highest BCUT2D eigenvalue weighted by atomic mass is 127. The number of benzene rings is 1. The second kappa shape index (κ2) is 8.65. The van der Waals surface area contributed by atoms with Gasteiger partial charge in [-0.05, 0) is 64.1 Å². The summed E-state index contributed by atoms with van der Waals surface area (Å²) < 4.78 is 22.0. The molecule has 0 saturated heterocycles. The Hall–Kier alpha value is -1.58. The number of ketones is 1. The van der Waals surface area contributed by atoms with Crippen LogP contribution in [0.15, 0.2) is 23.0 Å². The molecule has 3 rings (SSSR count). The Kier molecular flexibility index (Phi) is 6.60. The van der Waals surface area contributed by atoms with E-state index in [0.29, 0.717) is 35.2 Å². The highest BCUT2D eigenvalue weighted by molar-refractivity contribution is 14.1. The first-order chi connectivity index (χ1) is 13.6. The van der Waals surface area contributed by atoms with E-state index in [2.05, 4.69) is 13.8 Å². The van der Waals surface area contributed by atoms with Crippen molar-refractivity contribution in [3.63, 3.8) is 0 Å². The van der Waals surface area contributed by atoms with Gasteiger partial charge in [0.25, 0.3) is 5.56 Å². The Bertz CT molecular complexity index is 1010. The summed E-state index contributed by atoms with van der Waals surface area (Å²) in [6.07, 6.45) is 1.36. The van der Waals surface area contributed by atoms with E-state index < -0.39 is 0 Å². The fraction of sp³-hybridized carbons (Fsp3) is 0.455. The second-order valence-electron chi connectivity index (χ2n) is 8.27. The van der Waals surface area contributed by atoms with Crippen molar-refractivity contribution in [1.29, 1.82) is 0 Å². The van der Waals surface area contributed by atoms with Gasteiger partial charge in [-0.3, -0.25) is 9.59 Å². The number of hydrogen-bond donors (Lipinski definition) is 1. The van der Waals surface area contributed by atoms with E-state index in [4.69, 9.17) is 9.84 Å². The molecule has 0 aliphatic heterocycles. The van der Waals surface area contributed by atoms with Crippen molar-refractivity contribution < 1.29 is 19.0 Å². The maximum atomic E-state index is 14.5. The summed E-state index contributed by atoms with van der Waals surface area (Å²) in [5, 5.41) is 8.93. The fourth-order valence-corrected chi connectivity index (χ4v) is 4.48. The molecule has 1 aliphatic rings. The molecule has 7 heteroatoms. The van der Waals surface area contributed by atoms with Crippen LogP contribution in [0.4, 0.5) is 4.39 Å². The highest BCUT2D eigenvalue weighted by Crippen LogP contribution is 2.37. The van der Waals surface area contributed by atoms with Crippen LogP contribution in [0.2, 0.25) is 0 Å². The standard InChI is InChI=1S/C22H25FINO4/c1-22(2)10-15-16(11-22)21(28)25(3)18(20(15)19(27)12-29-7-6-26)8-13-4-5-14(24)9-17(13)23/h4-5,9,26H,6-8,10-12H2,1-3H3. The zero-order valence-electron chi connectivity index (χ0n) is 16.8. The number of hydrogen-bond acceptors (Lipinski definition) is 4. The molecule has 1 aliphatic carbocycles. The number of nitrogens with zero attached hydrogens (tertiary/aromatic N) is 1. The Morgan fingerprint density at radius 2 is 2.00 bits per heavy atom. The van der Waals surface area contributed by atoms with E-state index in [1.54, 1.807) is 19.2 Å². The number of aromatic nitrogens is 1. The van der Waals surface area contributed by atoms with Gasteiger partial charge in [-0.2, -0.15) is 0 Å². The number of aliphatic hydroxyl groups excluding tert-OH is 1. The van der Waals surface area contributed by atoms with Crippen molar-refractivity contribution in [2.45, 2.75) is 33.1 Å². The molecule has 156 valence electrons. The number of pyridine rings is 1. The van der Waals surface area contributed by atoms with Gasteiger partial charge >= 0.3 is 0 Å². The summed E-state index contributed by atoms with van der Waals surface area (Å²) in [7, 11) is 1.64. The molecular weight excluding hydrogens is 488 g/mol. The summed E-state index contributed by atoms with van der Waals surface area (Å²) in [6.45, 7) is 3.84. The van der Waals surface area contributed by atoms with Crippen LogP contribution in [0, 0.1) is 14.8 Å². The first-order valence-corrected chi connectivity index (χ1v) is 10.6. The number of carbonyl (C=O) groups excluding carboxylic acids is 1. The molecule has 1 heterocycles. The maximum absolute atomic E-state index is 14.5. The monoisotopic (exact) mass is 513 g/mol. The number of halogens is 2. The van der Waals surface area contributed by atoms with Crippen LogP contribution in [0.1, 0.15) is 46.6 Å². The largest absolute Gasteiger partial charge is 0.394 e. The molecule has 0 amide bonds. The van der Waals surface area contributed by atoms with Gasteiger partial charge in [0.1, 0.15) is 12.4 Å². The molecule has 0 unspecified atom stereocenters. The van der Waals surface area contributed by atoms with Crippen LogP contribution in [-0.2, 0) is 31.0 Å². The van der Waals surface area contributed by atoms with Crippen molar-refractivity contribution in [3.8, 4) is 0 Å². The first kappa shape index (κ1) is 22.1. The molecule has 1 aromatic heterocycles. The lowest BCUT2D eigenvalue weighted by atomic mass is 9.89. The fourth-order valence-electron chi connectivity index (χ4n) is 4.03. The normalized spacial score (nSPS) is 14.8. The van der Waals surface area contributed by atoms with Gasteiger partial charge in [0.2, 0.25) is 0 Å². The lowest BCUT2D eigenvalue weighted by molar-refractivity contribution is 0.0661. The van der Waals surface area contributed by atoms with E-state index in [0.717, 1.165) is 9.13 Å². The van der Waals surface area contributed by atoms with E-state index in [1.165, 1.54) is 10.6 Å². The zero-order valence-corrected chi connectivity index (χ0v) is 19.0. The van der Waals surface area contributed by atoms with Gasteiger partial charge < -0.3 is 14.4 Å². The van der Waals surface area contributed by atoms with E-state index in [1.807, 2.05) is 22.6 Å². The summed E-state index contributed by atoms with van der Waals surface area (Å²) in [5.41, 5.74) is 2.57. The van der Waals surface area contributed by atoms with Crippen molar-refractivity contribution in [1.82, 2.24) is 4.57 Å². The molecule has 0 radical (unpaired) electrons. The minimum absolute atomic E-state index is 0.0618. The lowest BCUT2D eigenvalue weighted by Crippen LogP contribution is -2.29. The third kappa shape index (κ3) is 4.62. The smallest absolute Gasteiger partial charge is 0.254 e. The second-order valence-corrected chi connectivity index (χ2v) is 9.52. The number of fused-ring (bicyclic) bond motifs is 1. The molecule has 0 fully saturated rings. The molecular formula is C22H25FINO4. The van der Waals surface area contributed by atoms with Crippen LogP contribution in [0.3, 0.4) is 0 Å². The average molecular weight is 513 g/mol. The van der Waals surface area contributed by atoms with E-state index in [9.17, 15) is 14.0 Å². The molecule has 1 aromatic carbocycles. The van der Waals surface area contributed by atoms with Crippen LogP contribution < -0.4 is 5.56 Å². The Morgan fingerprint density at radius 3 is 2.66 bits per heavy atom. The molecule has 0 atom stereocenters. The Labute approximate surface area is 183 Å². The summed E-state index contributed by atoms with van der Waals surface area (Å²) in [5.74, 6) is -0.607. The summed E-state index contributed by atoms with van der Waals surface area (Å²) in [6, 6.07) is 4.94. The summed E-state index contributed by atoms with van der Waals surface area (Å²) >= 11 is 2.04. The molecule has 5 nitrogen and oxygen atoms in total. The predicted octanol–water partition coefficient (Wildman–Crippen LogP) is 3.04. The van der Waals surface area contributed by atoms with E-state index in [-0.39, 0.29) is 48.8 Å². The molecule has 0 bridgehead atoms. The molecule has 2 aromatic rings. The third-order valence-corrected chi connectivity index (χ3v) is 6.02. The third-order valence-electron chi connectivity index (χ3n) is 5.35. The quantitative estimate of drug-likeness (QED) is 0.351. The zero-order chi connectivity index (χ0) is 21.3. The minimum Gasteiger partial charge on any atom is -0.394 e. The molecule has 1 N–H and O–H groups in total. The first-order valence-electron chi connectivity index (χ1n) is 9.54. The van der Waals surface area contributed by atoms with Gasteiger partial charge in [-0.25, -0.2) is 4.39 Å². The van der Waals surface area contributed by atoms with E-state index >= 15 is 0 Å². The van der Waals surface area contributed by atoms with Crippen LogP contribution in [0.25, 0.3) is 0 Å². The number of aliphatic hydroxyl groups is 1. The minimum atomic E-state index is -0.361. The van der Waals surface area contributed by atoms with Gasteiger partial charge in [-0.1, -0.05) is 19.9 Å². The SMILES string of the molecule is Cn1c(Cc2ccc(I)cc2F)c(C(=O)COCCO)c2c(c1=O)CC(C)(C)C2. The number of Topliss-reactive ketones (excluding diaryl/α,β-unsaturated/α-hetero) is 1. The van der Waals surface area contributed by atoms with Crippen molar-refractivity contribution in [3.05, 3.63) is 65.9 Å². The van der Waals surface area contributed by atoms with Gasteiger partial charge in [0.05, 0.1) is 13.2 Å². The number of carbonyl (C=O) groups is 1. The van der Waals surface area contributed by atoms with Crippen molar-refractivity contribution in [2.75, 3.05) is 19.8 Å². The van der Waals surface area contributed by atoms with Crippen LogP contribution >= 0.6 is 22.6 Å². The molecule has 29 heavy (non-hydrogen) atoms. The maximum Gasteiger partial charge on any atom is 0.254 e. The Morgan fingerprint density at radius 1 is 1.31 bits per heavy atom. The van der Waals surface area contributed by atoms with Crippen LogP contribution in [0.5, 0.6) is 0 Å².